The van der Waals surface area contributed by atoms with Crippen molar-refractivity contribution in [1.29, 1.82) is 0 Å². The average Bonchev–Trinajstić information content (AvgIpc) is 1.86. The second-order valence-electron chi connectivity index (χ2n) is 2.50. The summed E-state index contributed by atoms with van der Waals surface area (Å²) in [7, 11) is 0. The molecule has 10 heavy (non-hydrogen) atoms. The molecule has 1 fully saturated rings. The topological polar surface area (TPSA) is 37.8 Å². The molecule has 0 radical (unpaired) electrons. The summed E-state index contributed by atoms with van der Waals surface area (Å²) in [4.78, 5) is 0. The number of nitrogens with zero attached hydrogens (tertiary/aromatic N) is 2. The van der Waals surface area contributed by atoms with Crippen LogP contribution in [0.25, 0.3) is 0 Å². The van der Waals surface area contributed by atoms with Crippen LogP contribution in [0.2, 0.25) is 0 Å². The third kappa shape index (κ3) is 0.885. The number of rotatable bonds is 1. The molecule has 0 bridgehead atoms. The fraction of sp³-hybridized carbons (Fsp3) is 0.429. The minimum atomic E-state index is 0.605. The van der Waals surface area contributed by atoms with Crippen LogP contribution in [0.15, 0.2) is 18.3 Å². The molecule has 1 aliphatic rings. The predicted molar refractivity (Wildman–Crippen MR) is 37.6 cm³/mol. The molecular weight excluding hydrogens is 126 g/mol. The maximum atomic E-state index is 4.01. The van der Waals surface area contributed by atoms with Crippen LogP contribution < -0.4 is 5.32 Å². The van der Waals surface area contributed by atoms with Gasteiger partial charge < -0.3 is 5.32 Å². The summed E-state index contributed by atoms with van der Waals surface area (Å²) >= 11 is 0. The van der Waals surface area contributed by atoms with Crippen molar-refractivity contribution in [3.63, 3.8) is 0 Å². The third-order valence-electron chi connectivity index (χ3n) is 1.79. The molecular formula is C7H9N3. The summed E-state index contributed by atoms with van der Waals surface area (Å²) in [6.45, 7) is 2.11. The fourth-order valence-electron chi connectivity index (χ4n) is 1.03. The summed E-state index contributed by atoms with van der Waals surface area (Å²) in [6.07, 6.45) is 1.70. The van der Waals surface area contributed by atoms with E-state index in [0.29, 0.717) is 5.92 Å². The van der Waals surface area contributed by atoms with Crippen molar-refractivity contribution in [1.82, 2.24) is 15.5 Å². The lowest BCUT2D eigenvalue weighted by Crippen LogP contribution is -2.40. The van der Waals surface area contributed by atoms with Gasteiger partial charge >= 0.3 is 0 Å². The first kappa shape index (κ1) is 5.80. The zero-order valence-electron chi connectivity index (χ0n) is 5.62. The highest BCUT2D eigenvalue weighted by Crippen LogP contribution is 2.15. The molecule has 1 aliphatic heterocycles. The summed E-state index contributed by atoms with van der Waals surface area (Å²) in [5.74, 6) is 0.605. The van der Waals surface area contributed by atoms with E-state index in [1.807, 2.05) is 12.1 Å². The fourth-order valence-corrected chi connectivity index (χ4v) is 1.03. The summed E-state index contributed by atoms with van der Waals surface area (Å²) in [6, 6.07) is 3.96. The van der Waals surface area contributed by atoms with Crippen molar-refractivity contribution in [2.24, 2.45) is 0 Å². The van der Waals surface area contributed by atoms with Crippen LogP contribution >= 0.6 is 0 Å². The highest BCUT2D eigenvalue weighted by Gasteiger charge is 2.19. The molecule has 1 N–H and O–H groups in total. The first-order chi connectivity index (χ1) is 4.97. The molecule has 52 valence electrons. The lowest BCUT2D eigenvalue weighted by Gasteiger charge is -2.25. The van der Waals surface area contributed by atoms with Crippen molar-refractivity contribution in [3.05, 3.63) is 24.0 Å². The second-order valence-corrected chi connectivity index (χ2v) is 2.50. The van der Waals surface area contributed by atoms with Crippen LogP contribution in [0.3, 0.4) is 0 Å². The molecule has 1 saturated heterocycles. The summed E-state index contributed by atoms with van der Waals surface area (Å²) in [5, 5.41) is 11.0. The zero-order chi connectivity index (χ0) is 6.81. The maximum Gasteiger partial charge on any atom is 0.0687 e. The molecule has 2 heterocycles. The first-order valence-corrected chi connectivity index (χ1v) is 3.45. The smallest absolute Gasteiger partial charge is 0.0687 e. The summed E-state index contributed by atoms with van der Waals surface area (Å²) < 4.78 is 0. The van der Waals surface area contributed by atoms with E-state index in [1.54, 1.807) is 6.20 Å². The van der Waals surface area contributed by atoms with Gasteiger partial charge in [-0.3, -0.25) is 0 Å². The minimum absolute atomic E-state index is 0.605. The highest BCUT2D eigenvalue weighted by atomic mass is 15.1. The monoisotopic (exact) mass is 135 g/mol. The molecule has 0 aliphatic carbocycles. The largest absolute Gasteiger partial charge is 0.315 e. The van der Waals surface area contributed by atoms with Crippen molar-refractivity contribution in [3.8, 4) is 0 Å². The predicted octanol–water partition coefficient (Wildman–Crippen LogP) is 0.163. The Morgan fingerprint density at radius 3 is 2.90 bits per heavy atom. The molecule has 0 saturated carbocycles. The van der Waals surface area contributed by atoms with Gasteiger partial charge in [0.25, 0.3) is 0 Å². The number of hydrogen-bond donors (Lipinski definition) is 1. The Hall–Kier alpha value is -0.960. The number of nitrogens with one attached hydrogen (secondary N) is 1. The van der Waals surface area contributed by atoms with E-state index >= 15 is 0 Å². The van der Waals surface area contributed by atoms with Crippen molar-refractivity contribution in [2.45, 2.75) is 5.92 Å². The SMILES string of the molecule is c1cnnc(C2CNC2)c1. The van der Waals surface area contributed by atoms with Gasteiger partial charge in [0.2, 0.25) is 0 Å². The Bertz CT molecular complexity index is 205. The lowest BCUT2D eigenvalue weighted by atomic mass is 9.99. The first-order valence-electron chi connectivity index (χ1n) is 3.45. The van der Waals surface area contributed by atoms with Crippen LogP contribution in [0.5, 0.6) is 0 Å². The minimum Gasteiger partial charge on any atom is -0.315 e. The van der Waals surface area contributed by atoms with Crippen molar-refractivity contribution >= 4 is 0 Å². The highest BCUT2D eigenvalue weighted by molar-refractivity contribution is 5.10. The van der Waals surface area contributed by atoms with E-state index in [0.717, 1.165) is 18.8 Å². The quantitative estimate of drug-likeness (QED) is 0.596. The second kappa shape index (κ2) is 2.34. The van der Waals surface area contributed by atoms with E-state index < -0.39 is 0 Å². The average molecular weight is 135 g/mol. The molecule has 3 heteroatoms. The Labute approximate surface area is 59.5 Å². The van der Waals surface area contributed by atoms with Crippen LogP contribution in [0.4, 0.5) is 0 Å². The van der Waals surface area contributed by atoms with Gasteiger partial charge in [0.15, 0.2) is 0 Å². The molecule has 0 aromatic carbocycles. The normalized spacial score (nSPS) is 18.4. The molecule has 0 unspecified atom stereocenters. The van der Waals surface area contributed by atoms with Gasteiger partial charge in [-0.05, 0) is 12.1 Å². The number of aromatic nitrogens is 2. The van der Waals surface area contributed by atoms with Crippen molar-refractivity contribution in [2.75, 3.05) is 13.1 Å². The van der Waals surface area contributed by atoms with Gasteiger partial charge in [-0.1, -0.05) is 0 Å². The lowest BCUT2D eigenvalue weighted by molar-refractivity contribution is 0.436. The van der Waals surface area contributed by atoms with Gasteiger partial charge in [-0.15, -0.1) is 0 Å². The Morgan fingerprint density at radius 1 is 1.50 bits per heavy atom. The molecule has 0 amide bonds. The van der Waals surface area contributed by atoms with Crippen molar-refractivity contribution < 1.29 is 0 Å². The van der Waals surface area contributed by atoms with E-state index in [1.165, 1.54) is 0 Å². The van der Waals surface area contributed by atoms with Gasteiger partial charge in [0.05, 0.1) is 5.69 Å². The summed E-state index contributed by atoms with van der Waals surface area (Å²) in [5.41, 5.74) is 1.11. The van der Waals surface area contributed by atoms with Gasteiger partial charge in [0, 0.05) is 25.2 Å². The number of hydrogen-bond acceptors (Lipinski definition) is 3. The molecule has 0 atom stereocenters. The zero-order valence-corrected chi connectivity index (χ0v) is 5.62. The molecule has 1 aromatic rings. The molecule has 3 nitrogen and oxygen atoms in total. The van der Waals surface area contributed by atoms with E-state index in [4.69, 9.17) is 0 Å². The van der Waals surface area contributed by atoms with Gasteiger partial charge in [-0.2, -0.15) is 10.2 Å². The maximum absolute atomic E-state index is 4.01. The Morgan fingerprint density at radius 2 is 2.40 bits per heavy atom. The Kier molecular flexibility index (Phi) is 1.36. The van der Waals surface area contributed by atoms with Crippen LogP contribution in [-0.2, 0) is 0 Å². The van der Waals surface area contributed by atoms with E-state index in [9.17, 15) is 0 Å². The standard InChI is InChI=1S/C7H9N3/c1-2-7(10-9-3-1)6-4-8-5-6/h1-3,6,8H,4-5H2. The van der Waals surface area contributed by atoms with Crippen LogP contribution in [0.1, 0.15) is 11.6 Å². The van der Waals surface area contributed by atoms with E-state index in [-0.39, 0.29) is 0 Å². The molecule has 0 spiro atoms. The Balaban J connectivity index is 2.18. The van der Waals surface area contributed by atoms with Crippen LogP contribution in [-0.4, -0.2) is 23.3 Å². The third-order valence-corrected chi connectivity index (χ3v) is 1.79. The van der Waals surface area contributed by atoms with Gasteiger partial charge in [-0.25, -0.2) is 0 Å². The van der Waals surface area contributed by atoms with E-state index in [2.05, 4.69) is 15.5 Å². The molecule has 1 aromatic heterocycles. The van der Waals surface area contributed by atoms with Gasteiger partial charge in [0.1, 0.15) is 0 Å². The molecule has 2 rings (SSSR count). The van der Waals surface area contributed by atoms with Crippen LogP contribution in [0, 0.1) is 0 Å².